The number of aryl methyl sites for hydroxylation is 1. The van der Waals surface area contributed by atoms with Crippen LogP contribution in [0.4, 0.5) is 5.82 Å². The second-order valence-electron chi connectivity index (χ2n) is 4.37. The van der Waals surface area contributed by atoms with Crippen molar-refractivity contribution < 1.29 is 14.4 Å². The van der Waals surface area contributed by atoms with Crippen LogP contribution in [-0.4, -0.2) is 48.8 Å². The molecule has 0 saturated carbocycles. The minimum absolute atomic E-state index is 0.0411. The molecule has 1 atom stereocenters. The molecule has 2 rings (SSSR count). The van der Waals surface area contributed by atoms with Gasteiger partial charge in [-0.2, -0.15) is 0 Å². The summed E-state index contributed by atoms with van der Waals surface area (Å²) in [5.41, 5.74) is 0.235. The van der Waals surface area contributed by atoms with Crippen LogP contribution in [0.15, 0.2) is 6.07 Å². The van der Waals surface area contributed by atoms with E-state index >= 15 is 0 Å². The Hall–Kier alpha value is -1.73. The van der Waals surface area contributed by atoms with Gasteiger partial charge in [-0.15, -0.1) is 0 Å². The zero-order valence-electron chi connectivity index (χ0n) is 11.3. The molecule has 1 fully saturated rings. The lowest BCUT2D eigenvalue weighted by Crippen LogP contribution is -2.30. The molecule has 1 aromatic heterocycles. The number of rotatable bonds is 2. The second-order valence-corrected chi connectivity index (χ2v) is 4.37. The van der Waals surface area contributed by atoms with Crippen LogP contribution in [0.25, 0.3) is 0 Å². The van der Waals surface area contributed by atoms with E-state index in [0.29, 0.717) is 18.2 Å². The summed E-state index contributed by atoms with van der Waals surface area (Å²) >= 11 is 0. The van der Waals surface area contributed by atoms with Crippen molar-refractivity contribution >= 4 is 11.8 Å². The molecule has 104 valence electrons. The Morgan fingerprint density at radius 2 is 2.37 bits per heavy atom. The molecule has 2 heterocycles. The number of esters is 1. The number of hydroxylamine groups is 1. The van der Waals surface area contributed by atoms with E-state index in [4.69, 9.17) is 4.84 Å². The summed E-state index contributed by atoms with van der Waals surface area (Å²) in [6, 6.07) is 1.58. The van der Waals surface area contributed by atoms with Crippen molar-refractivity contribution in [3.8, 4) is 0 Å². The van der Waals surface area contributed by atoms with E-state index < -0.39 is 5.97 Å². The fourth-order valence-electron chi connectivity index (χ4n) is 1.85. The van der Waals surface area contributed by atoms with E-state index in [0.717, 1.165) is 13.1 Å². The summed E-state index contributed by atoms with van der Waals surface area (Å²) < 4.78 is 4.68. The lowest BCUT2D eigenvalue weighted by molar-refractivity contribution is 0.0565. The number of hydrogen-bond donors (Lipinski definition) is 1. The van der Waals surface area contributed by atoms with Crippen molar-refractivity contribution in [2.75, 3.05) is 31.8 Å². The molecular weight excluding hydrogens is 248 g/mol. The highest BCUT2D eigenvalue weighted by atomic mass is 16.7. The van der Waals surface area contributed by atoms with Gasteiger partial charge in [-0.05, 0) is 13.8 Å². The molecule has 0 radical (unpaired) electrons. The maximum Gasteiger partial charge on any atom is 0.356 e. The van der Waals surface area contributed by atoms with E-state index in [1.54, 1.807) is 18.1 Å². The third-order valence-electron chi connectivity index (χ3n) is 2.71. The third kappa shape index (κ3) is 3.39. The molecule has 0 aliphatic carbocycles. The average Bonchev–Trinajstić information content (AvgIpc) is 2.61. The highest BCUT2D eigenvalue weighted by Crippen LogP contribution is 2.16. The van der Waals surface area contributed by atoms with Crippen molar-refractivity contribution in [3.05, 3.63) is 17.6 Å². The van der Waals surface area contributed by atoms with Crippen molar-refractivity contribution in [2.45, 2.75) is 20.0 Å². The number of carbonyl (C=O) groups is 1. The van der Waals surface area contributed by atoms with Crippen LogP contribution in [0.5, 0.6) is 0 Å². The number of ether oxygens (including phenoxy) is 1. The Morgan fingerprint density at radius 3 is 3.11 bits per heavy atom. The lowest BCUT2D eigenvalue weighted by Gasteiger charge is -2.23. The smallest absolute Gasteiger partial charge is 0.356 e. The molecule has 0 amide bonds. The Bertz CT molecular complexity index is 466. The van der Waals surface area contributed by atoms with E-state index in [9.17, 15) is 4.79 Å². The molecule has 7 nitrogen and oxygen atoms in total. The Morgan fingerprint density at radius 1 is 1.58 bits per heavy atom. The molecule has 0 aromatic carbocycles. The van der Waals surface area contributed by atoms with Gasteiger partial charge in [-0.1, -0.05) is 0 Å². The highest BCUT2D eigenvalue weighted by molar-refractivity contribution is 5.87. The summed E-state index contributed by atoms with van der Waals surface area (Å²) in [4.78, 5) is 25.7. The monoisotopic (exact) mass is 266 g/mol. The average molecular weight is 266 g/mol. The second kappa shape index (κ2) is 5.94. The van der Waals surface area contributed by atoms with Gasteiger partial charge in [0.25, 0.3) is 0 Å². The number of anilines is 1. The number of nitrogens with one attached hydrogen (secondary N) is 1. The van der Waals surface area contributed by atoms with Gasteiger partial charge in [0.05, 0.1) is 19.8 Å². The van der Waals surface area contributed by atoms with Crippen molar-refractivity contribution in [2.24, 2.45) is 0 Å². The molecule has 1 aromatic rings. The van der Waals surface area contributed by atoms with Gasteiger partial charge < -0.3 is 10.1 Å². The van der Waals surface area contributed by atoms with Gasteiger partial charge in [-0.25, -0.2) is 19.8 Å². The fraction of sp³-hybridized carbons (Fsp3) is 0.583. The number of methoxy groups -OCH3 is 1. The highest BCUT2D eigenvalue weighted by Gasteiger charge is 2.19. The molecular formula is C12H18N4O3. The molecule has 0 unspecified atom stereocenters. The standard InChI is InChI=1S/C12H18N4O3/c1-8-7-13-4-5-16(19-8)11-6-10(12(17)18-3)14-9(2)15-11/h6,8,13H,4-5,7H2,1-3H3/t8-/m0/s1. The number of hydrogen-bond acceptors (Lipinski definition) is 7. The van der Waals surface area contributed by atoms with Gasteiger partial charge in [0.1, 0.15) is 5.82 Å². The van der Waals surface area contributed by atoms with Gasteiger partial charge >= 0.3 is 5.97 Å². The largest absolute Gasteiger partial charge is 0.464 e. The molecule has 1 N–H and O–H groups in total. The maximum atomic E-state index is 11.5. The normalized spacial score (nSPS) is 19.9. The van der Waals surface area contributed by atoms with Crippen molar-refractivity contribution in [1.82, 2.24) is 15.3 Å². The van der Waals surface area contributed by atoms with Crippen molar-refractivity contribution in [3.63, 3.8) is 0 Å². The van der Waals surface area contributed by atoms with Crippen LogP contribution in [0, 0.1) is 6.92 Å². The van der Waals surface area contributed by atoms with Gasteiger partial charge in [-0.3, -0.25) is 4.84 Å². The number of aromatic nitrogens is 2. The summed E-state index contributed by atoms with van der Waals surface area (Å²) in [6.45, 7) is 5.93. The van der Waals surface area contributed by atoms with Crippen LogP contribution in [0.3, 0.4) is 0 Å². The van der Waals surface area contributed by atoms with Gasteiger partial charge in [0, 0.05) is 19.2 Å². The van der Waals surface area contributed by atoms with Crippen LogP contribution in [0.1, 0.15) is 23.2 Å². The molecule has 1 aliphatic rings. The third-order valence-corrected chi connectivity index (χ3v) is 2.71. The first kappa shape index (κ1) is 13.7. The van der Waals surface area contributed by atoms with E-state index in [2.05, 4.69) is 20.0 Å². The Balaban J connectivity index is 2.27. The Kier molecular flexibility index (Phi) is 4.28. The van der Waals surface area contributed by atoms with Crippen LogP contribution < -0.4 is 10.4 Å². The zero-order valence-corrected chi connectivity index (χ0v) is 11.3. The molecule has 1 saturated heterocycles. The lowest BCUT2D eigenvalue weighted by atomic mass is 10.3. The van der Waals surface area contributed by atoms with Crippen LogP contribution in [-0.2, 0) is 9.57 Å². The first-order valence-electron chi connectivity index (χ1n) is 6.19. The molecule has 19 heavy (non-hydrogen) atoms. The summed E-state index contributed by atoms with van der Waals surface area (Å²) in [5, 5.41) is 4.94. The maximum absolute atomic E-state index is 11.5. The predicted molar refractivity (Wildman–Crippen MR) is 68.9 cm³/mol. The van der Waals surface area contributed by atoms with Gasteiger partial charge in [0.15, 0.2) is 11.5 Å². The molecule has 7 heteroatoms. The summed E-state index contributed by atoms with van der Waals surface area (Å²) in [6.07, 6.45) is 0.0411. The first-order chi connectivity index (χ1) is 9.10. The van der Waals surface area contributed by atoms with Gasteiger partial charge in [0.2, 0.25) is 0 Å². The molecule has 1 aliphatic heterocycles. The predicted octanol–water partition coefficient (Wildman–Crippen LogP) is 0.301. The zero-order chi connectivity index (χ0) is 13.8. The minimum Gasteiger partial charge on any atom is -0.464 e. The fourth-order valence-corrected chi connectivity index (χ4v) is 1.85. The van der Waals surface area contributed by atoms with E-state index in [1.807, 2.05) is 6.92 Å². The summed E-state index contributed by atoms with van der Waals surface area (Å²) in [5.74, 6) is 0.600. The molecule has 0 spiro atoms. The molecule has 0 bridgehead atoms. The van der Waals surface area contributed by atoms with E-state index in [-0.39, 0.29) is 11.8 Å². The topological polar surface area (TPSA) is 76.6 Å². The minimum atomic E-state index is -0.479. The first-order valence-corrected chi connectivity index (χ1v) is 6.19. The van der Waals surface area contributed by atoms with Crippen LogP contribution >= 0.6 is 0 Å². The van der Waals surface area contributed by atoms with Crippen molar-refractivity contribution in [1.29, 1.82) is 0 Å². The Labute approximate surface area is 111 Å². The summed E-state index contributed by atoms with van der Waals surface area (Å²) in [7, 11) is 1.33. The number of nitrogens with zero attached hydrogens (tertiary/aromatic N) is 3. The van der Waals surface area contributed by atoms with E-state index in [1.165, 1.54) is 7.11 Å². The van der Waals surface area contributed by atoms with Crippen LogP contribution in [0.2, 0.25) is 0 Å². The number of carbonyl (C=O) groups excluding carboxylic acids is 1. The SMILES string of the molecule is COC(=O)c1cc(N2CCNC[C@H](C)O2)nc(C)n1. The quantitative estimate of drug-likeness (QED) is 0.771.